The average Bonchev–Trinajstić information content (AvgIpc) is 3.31. The molecule has 3 aromatic heterocycles. The molecule has 10 heteroatoms. The van der Waals surface area contributed by atoms with Gasteiger partial charge in [-0.1, -0.05) is 23.3 Å². The number of fused-ring (bicyclic) bond motifs is 2. The number of aromatic nitrogens is 5. The zero-order valence-corrected chi connectivity index (χ0v) is 18.0. The summed E-state index contributed by atoms with van der Waals surface area (Å²) in [6.45, 7) is 1.76. The molecule has 3 heterocycles. The second-order valence-electron chi connectivity index (χ2n) is 8.07. The van der Waals surface area contributed by atoms with E-state index in [9.17, 15) is 9.50 Å². The van der Waals surface area contributed by atoms with Gasteiger partial charge >= 0.3 is 0 Å². The fourth-order valence-corrected chi connectivity index (χ4v) is 4.39. The third-order valence-electron chi connectivity index (χ3n) is 5.81. The Morgan fingerprint density at radius 2 is 1.94 bits per heavy atom. The first-order chi connectivity index (χ1) is 15.3. The van der Waals surface area contributed by atoms with E-state index in [1.54, 1.807) is 17.8 Å². The second-order valence-corrected chi connectivity index (χ2v) is 8.48. The number of pyridine rings is 1. The number of nitrogens with two attached hydrogens (primary N) is 2. The van der Waals surface area contributed by atoms with Gasteiger partial charge in [-0.15, -0.1) is 0 Å². The van der Waals surface area contributed by atoms with Crippen LogP contribution in [0, 0.1) is 12.7 Å². The summed E-state index contributed by atoms with van der Waals surface area (Å²) in [4.78, 5) is 12.8. The van der Waals surface area contributed by atoms with Crippen LogP contribution < -0.4 is 11.5 Å². The summed E-state index contributed by atoms with van der Waals surface area (Å²) < 4.78 is 16.2. The molecule has 164 valence electrons. The largest absolute Gasteiger partial charge is 0.390 e. The Bertz CT molecular complexity index is 1400. The third-order valence-corrected chi connectivity index (χ3v) is 6.11. The zero-order valence-electron chi connectivity index (χ0n) is 17.3. The van der Waals surface area contributed by atoms with E-state index in [4.69, 9.17) is 23.1 Å². The minimum Gasteiger partial charge on any atom is -0.390 e. The van der Waals surface area contributed by atoms with Gasteiger partial charge in [-0.05, 0) is 49.9 Å². The number of aryl methyl sites for hydroxylation is 2. The molecule has 8 nitrogen and oxygen atoms in total. The lowest BCUT2D eigenvalue weighted by Crippen LogP contribution is -2.20. The van der Waals surface area contributed by atoms with Crippen molar-refractivity contribution in [2.45, 2.75) is 38.3 Å². The van der Waals surface area contributed by atoms with Gasteiger partial charge in [0.25, 0.3) is 0 Å². The highest BCUT2D eigenvalue weighted by molar-refractivity contribution is 6.33. The average molecular weight is 454 g/mol. The Balaban J connectivity index is 1.39. The molecular weight excluding hydrogens is 433 g/mol. The first-order valence-electron chi connectivity index (χ1n) is 10.2. The minimum absolute atomic E-state index is 0.173. The smallest absolute Gasteiger partial charge is 0.164 e. The maximum atomic E-state index is 14.6. The fraction of sp³-hybridized carbons (Fsp3) is 0.273. The van der Waals surface area contributed by atoms with Crippen molar-refractivity contribution < 1.29 is 9.50 Å². The summed E-state index contributed by atoms with van der Waals surface area (Å²) in [7, 11) is 0. The van der Waals surface area contributed by atoms with Gasteiger partial charge in [-0.3, -0.25) is 0 Å². The molecule has 0 spiro atoms. The molecular formula is C22H21ClFN7O. The van der Waals surface area contributed by atoms with E-state index in [2.05, 4.69) is 20.1 Å². The number of benzene rings is 1. The van der Waals surface area contributed by atoms with E-state index < -0.39 is 6.10 Å². The molecule has 0 unspecified atom stereocenters. The molecule has 0 aliphatic heterocycles. The first-order valence-corrected chi connectivity index (χ1v) is 10.6. The van der Waals surface area contributed by atoms with Gasteiger partial charge < -0.3 is 16.6 Å². The van der Waals surface area contributed by atoms with Gasteiger partial charge in [0.05, 0.1) is 34.3 Å². The van der Waals surface area contributed by atoms with Gasteiger partial charge in [0.2, 0.25) is 0 Å². The monoisotopic (exact) mass is 453 g/mol. The number of halogens is 2. The molecule has 5 rings (SSSR count). The topological polar surface area (TPSA) is 129 Å². The van der Waals surface area contributed by atoms with E-state index in [1.165, 1.54) is 12.1 Å². The Morgan fingerprint density at radius 3 is 2.75 bits per heavy atom. The van der Waals surface area contributed by atoms with Gasteiger partial charge in [0, 0.05) is 5.39 Å². The quantitative estimate of drug-likeness (QED) is 0.403. The molecule has 1 aromatic carbocycles. The number of anilines is 2. The maximum absolute atomic E-state index is 14.6. The third kappa shape index (κ3) is 3.53. The summed E-state index contributed by atoms with van der Waals surface area (Å²) in [5, 5.41) is 16.3. The molecule has 0 saturated heterocycles. The van der Waals surface area contributed by atoms with Gasteiger partial charge in [0.1, 0.15) is 23.3 Å². The van der Waals surface area contributed by atoms with Crippen LogP contribution in [0.2, 0.25) is 5.02 Å². The van der Waals surface area contributed by atoms with Crippen molar-refractivity contribution in [2.24, 2.45) is 0 Å². The number of aliphatic hydroxyl groups is 1. The summed E-state index contributed by atoms with van der Waals surface area (Å²) in [5.74, 6) is 0.693. The molecule has 1 aliphatic rings. The highest BCUT2D eigenvalue weighted by atomic mass is 35.5. The Kier molecular flexibility index (Phi) is 4.94. The molecule has 5 N–H and O–H groups in total. The predicted molar refractivity (Wildman–Crippen MR) is 122 cm³/mol. The van der Waals surface area contributed by atoms with E-state index >= 15 is 0 Å². The lowest BCUT2D eigenvalue weighted by atomic mass is 10.0. The molecule has 0 radical (unpaired) electrons. The molecule has 0 fully saturated rings. The summed E-state index contributed by atoms with van der Waals surface area (Å²) in [6, 6.07) is 4.44. The van der Waals surface area contributed by atoms with E-state index in [0.717, 1.165) is 11.1 Å². The highest BCUT2D eigenvalue weighted by Crippen LogP contribution is 2.34. The SMILES string of the molecule is Cc1nc(N)c2cnn([C@@H]3C=C(CCc4cc(F)c5cc(Cl)c(N)nc5c4)C[C@H]3O)c2n1. The number of aliphatic hydroxyl groups excluding tert-OH is 1. The molecule has 4 aromatic rings. The number of hydrogen-bond acceptors (Lipinski definition) is 7. The first kappa shape index (κ1) is 20.6. The molecule has 1 aliphatic carbocycles. The second kappa shape index (κ2) is 7.68. The van der Waals surface area contributed by atoms with Gasteiger partial charge in [0.15, 0.2) is 5.65 Å². The molecule has 0 saturated carbocycles. The molecule has 2 atom stereocenters. The van der Waals surface area contributed by atoms with Crippen LogP contribution in [0.15, 0.2) is 36.0 Å². The van der Waals surface area contributed by atoms with Gasteiger partial charge in [-0.25, -0.2) is 24.0 Å². The van der Waals surface area contributed by atoms with E-state index in [0.29, 0.717) is 52.8 Å². The van der Waals surface area contributed by atoms with E-state index in [-0.39, 0.29) is 22.7 Å². The fourth-order valence-electron chi connectivity index (χ4n) is 4.23. The number of nitrogens with zero attached hydrogens (tertiary/aromatic N) is 5. The van der Waals surface area contributed by atoms with Crippen LogP contribution in [0.25, 0.3) is 21.9 Å². The summed E-state index contributed by atoms with van der Waals surface area (Å²) in [6.07, 6.45) is 4.74. The number of hydrogen-bond donors (Lipinski definition) is 3. The Labute approximate surface area is 187 Å². The van der Waals surface area contributed by atoms with Crippen LogP contribution in [-0.4, -0.2) is 35.9 Å². The normalized spacial score (nSPS) is 18.6. The standard InChI is InChI=1S/C22H21ClFN7O/c1-10-28-20(25)14-9-27-31(22(14)29-10)18-6-12(7-19(18)32)3-2-11-4-16(24)13-8-15(23)21(26)30-17(13)5-11/h4-6,8-9,18-19,32H,2-3,7H2,1H3,(H2,26,30)(H2,25,28,29)/t18-,19-/m1/s1. The van der Waals surface area contributed by atoms with Crippen LogP contribution in [0.5, 0.6) is 0 Å². The van der Waals surface area contributed by atoms with Crippen molar-refractivity contribution >= 4 is 45.2 Å². The van der Waals surface area contributed by atoms with Crippen LogP contribution in [0.1, 0.15) is 30.3 Å². The number of nitrogen functional groups attached to an aromatic ring is 2. The molecule has 32 heavy (non-hydrogen) atoms. The lowest BCUT2D eigenvalue weighted by molar-refractivity contribution is 0.141. The van der Waals surface area contributed by atoms with Crippen LogP contribution in [0.4, 0.5) is 16.0 Å². The number of rotatable bonds is 4. The molecule has 0 bridgehead atoms. The van der Waals surface area contributed by atoms with Crippen molar-refractivity contribution in [3.63, 3.8) is 0 Å². The van der Waals surface area contributed by atoms with Crippen LogP contribution >= 0.6 is 11.6 Å². The summed E-state index contributed by atoms with van der Waals surface area (Å²) in [5.41, 5.74) is 14.7. The van der Waals surface area contributed by atoms with Crippen molar-refractivity contribution in [2.75, 3.05) is 11.5 Å². The highest BCUT2D eigenvalue weighted by Gasteiger charge is 2.29. The summed E-state index contributed by atoms with van der Waals surface area (Å²) >= 11 is 5.96. The Hall–Kier alpha value is -3.30. The maximum Gasteiger partial charge on any atom is 0.164 e. The predicted octanol–water partition coefficient (Wildman–Crippen LogP) is 3.50. The van der Waals surface area contributed by atoms with Crippen molar-refractivity contribution in [1.82, 2.24) is 24.7 Å². The molecule has 0 amide bonds. The van der Waals surface area contributed by atoms with Crippen LogP contribution in [-0.2, 0) is 6.42 Å². The lowest BCUT2D eigenvalue weighted by Gasteiger charge is -2.15. The van der Waals surface area contributed by atoms with Gasteiger partial charge in [-0.2, -0.15) is 5.10 Å². The van der Waals surface area contributed by atoms with E-state index in [1.807, 2.05) is 12.1 Å². The van der Waals surface area contributed by atoms with Crippen molar-refractivity contribution in [3.8, 4) is 0 Å². The van der Waals surface area contributed by atoms with Crippen LogP contribution in [0.3, 0.4) is 0 Å². The van der Waals surface area contributed by atoms with Crippen molar-refractivity contribution in [3.05, 3.63) is 58.3 Å². The minimum atomic E-state index is -0.637. The zero-order chi connectivity index (χ0) is 22.6. The van der Waals surface area contributed by atoms with Crippen molar-refractivity contribution in [1.29, 1.82) is 0 Å². The Morgan fingerprint density at radius 1 is 1.12 bits per heavy atom.